The third kappa shape index (κ3) is 2.45. The Morgan fingerprint density at radius 3 is 2.61 bits per heavy atom. The van der Waals surface area contributed by atoms with Gasteiger partial charge in [0.1, 0.15) is 8.97 Å². The first-order chi connectivity index (χ1) is 8.50. The number of nitrogens with zero attached hydrogens (tertiary/aromatic N) is 1. The Labute approximate surface area is 120 Å². The van der Waals surface area contributed by atoms with Crippen molar-refractivity contribution in [3.05, 3.63) is 54.9 Å². The number of nitro groups is 1. The molecule has 0 aromatic heterocycles. The van der Waals surface area contributed by atoms with Crippen molar-refractivity contribution < 1.29 is 9.66 Å². The maximum atomic E-state index is 11.0. The van der Waals surface area contributed by atoms with Crippen LogP contribution >= 0.6 is 39.1 Å². The molecule has 1 aliphatic heterocycles. The molecule has 0 fully saturated rings. The highest BCUT2D eigenvalue weighted by Gasteiger charge is 2.31. The van der Waals surface area contributed by atoms with Crippen molar-refractivity contribution in [1.29, 1.82) is 0 Å². The number of hydrogen-bond donors (Lipinski definition) is 1. The lowest BCUT2D eigenvalue weighted by molar-refractivity contribution is -0.422. The van der Waals surface area contributed by atoms with Gasteiger partial charge in [-0.3, -0.25) is 10.1 Å². The maximum Gasteiger partial charge on any atom is 0.349 e. The van der Waals surface area contributed by atoms with Gasteiger partial charge in [0.2, 0.25) is 0 Å². The average molecular weight is 352 g/mol. The summed E-state index contributed by atoms with van der Waals surface area (Å²) in [5.74, 6) is 0.422. The minimum absolute atomic E-state index is 0.0651. The highest BCUT2D eigenvalue weighted by molar-refractivity contribution is 9.12. The molecule has 5 nitrogen and oxygen atoms in total. The van der Waals surface area contributed by atoms with Gasteiger partial charge in [0.15, 0.2) is 5.75 Å². The van der Waals surface area contributed by atoms with Crippen molar-refractivity contribution in [2.24, 2.45) is 0 Å². The van der Waals surface area contributed by atoms with Crippen molar-refractivity contribution in [3.8, 4) is 5.75 Å². The standard InChI is InChI=1S/C10H5BrCl2N2O3/c11-9(13)7(12)8(15(16)17)10-14-5-3-1-2-4-6(5)18-10/h1-4,14H. The van der Waals surface area contributed by atoms with E-state index >= 15 is 0 Å². The van der Waals surface area contributed by atoms with E-state index in [0.717, 1.165) is 0 Å². The van der Waals surface area contributed by atoms with Crippen LogP contribution in [0.2, 0.25) is 0 Å². The molecule has 0 spiro atoms. The lowest BCUT2D eigenvalue weighted by Crippen LogP contribution is -2.10. The van der Waals surface area contributed by atoms with Crippen molar-refractivity contribution in [1.82, 2.24) is 0 Å². The van der Waals surface area contributed by atoms with Crippen LogP contribution in [0.25, 0.3) is 0 Å². The number of hydrogen-bond acceptors (Lipinski definition) is 4. The molecule has 1 heterocycles. The highest BCUT2D eigenvalue weighted by Crippen LogP contribution is 2.37. The zero-order valence-electron chi connectivity index (χ0n) is 8.62. The summed E-state index contributed by atoms with van der Waals surface area (Å²) in [5.41, 5.74) is 0.191. The van der Waals surface area contributed by atoms with Gasteiger partial charge in [-0.1, -0.05) is 35.3 Å². The van der Waals surface area contributed by atoms with Gasteiger partial charge in [0.25, 0.3) is 5.88 Å². The first-order valence-electron chi connectivity index (χ1n) is 4.64. The molecule has 1 aliphatic rings. The number of allylic oxidation sites excluding steroid dienone is 1. The second-order valence-electron chi connectivity index (χ2n) is 3.23. The molecule has 0 amide bonds. The number of nitrogens with one attached hydrogen (secondary N) is 1. The Balaban J connectivity index is 2.49. The van der Waals surface area contributed by atoms with Gasteiger partial charge in [0, 0.05) is 0 Å². The summed E-state index contributed by atoms with van der Waals surface area (Å²) in [4.78, 5) is 10.3. The molecule has 1 aromatic rings. The van der Waals surface area contributed by atoms with Crippen LogP contribution in [0.4, 0.5) is 5.69 Å². The molecule has 94 valence electrons. The number of anilines is 1. The third-order valence-electron chi connectivity index (χ3n) is 2.12. The van der Waals surface area contributed by atoms with E-state index in [-0.39, 0.29) is 14.9 Å². The summed E-state index contributed by atoms with van der Waals surface area (Å²) in [6.07, 6.45) is 0. The van der Waals surface area contributed by atoms with Crippen LogP contribution in [0.5, 0.6) is 5.75 Å². The molecule has 1 aromatic carbocycles. The van der Waals surface area contributed by atoms with E-state index in [1.54, 1.807) is 24.3 Å². The van der Waals surface area contributed by atoms with Crippen LogP contribution in [-0.2, 0) is 0 Å². The number of rotatable bonds is 2. The predicted octanol–water partition coefficient (Wildman–Crippen LogP) is 3.98. The Kier molecular flexibility index (Phi) is 3.79. The third-order valence-corrected chi connectivity index (χ3v) is 3.40. The van der Waals surface area contributed by atoms with Gasteiger partial charge >= 0.3 is 5.70 Å². The van der Waals surface area contributed by atoms with Crippen molar-refractivity contribution in [3.63, 3.8) is 0 Å². The maximum absolute atomic E-state index is 11.0. The summed E-state index contributed by atoms with van der Waals surface area (Å²) >= 11 is 14.3. The first kappa shape index (κ1) is 13.2. The molecule has 0 bridgehead atoms. The molecule has 18 heavy (non-hydrogen) atoms. The monoisotopic (exact) mass is 350 g/mol. The highest BCUT2D eigenvalue weighted by atomic mass is 79.9. The summed E-state index contributed by atoms with van der Waals surface area (Å²) in [6.45, 7) is 0. The number of fused-ring (bicyclic) bond motifs is 1. The smallest absolute Gasteiger partial charge is 0.349 e. The van der Waals surface area contributed by atoms with E-state index < -0.39 is 10.6 Å². The fraction of sp³-hybridized carbons (Fsp3) is 0. The Bertz CT molecular complexity index is 555. The summed E-state index contributed by atoms with van der Waals surface area (Å²) in [5, 5.41) is 13.5. The van der Waals surface area contributed by atoms with Gasteiger partial charge in [-0.25, -0.2) is 0 Å². The molecule has 0 atom stereocenters. The molecule has 0 saturated heterocycles. The zero-order chi connectivity index (χ0) is 13.3. The van der Waals surface area contributed by atoms with Crippen LogP contribution in [0.15, 0.2) is 44.8 Å². The van der Waals surface area contributed by atoms with E-state index in [4.69, 9.17) is 27.9 Å². The summed E-state index contributed by atoms with van der Waals surface area (Å²) in [7, 11) is 0. The van der Waals surface area contributed by atoms with Crippen LogP contribution in [-0.4, -0.2) is 4.92 Å². The van der Waals surface area contributed by atoms with Gasteiger partial charge in [-0.2, -0.15) is 0 Å². The van der Waals surface area contributed by atoms with Crippen molar-refractivity contribution in [2.45, 2.75) is 0 Å². The number of para-hydroxylation sites is 2. The fourth-order valence-corrected chi connectivity index (χ4v) is 1.81. The molecule has 0 aliphatic carbocycles. The molecular formula is C10H5BrCl2N2O3. The lowest BCUT2D eigenvalue weighted by Gasteiger charge is -2.02. The van der Waals surface area contributed by atoms with Crippen molar-refractivity contribution in [2.75, 3.05) is 5.32 Å². The van der Waals surface area contributed by atoms with Crippen LogP contribution in [0.1, 0.15) is 0 Å². The van der Waals surface area contributed by atoms with Crippen LogP contribution < -0.4 is 10.1 Å². The largest absolute Gasteiger partial charge is 0.433 e. The second kappa shape index (κ2) is 5.17. The topological polar surface area (TPSA) is 64.4 Å². The molecule has 0 unspecified atom stereocenters. The van der Waals surface area contributed by atoms with E-state index in [2.05, 4.69) is 21.2 Å². The van der Waals surface area contributed by atoms with Gasteiger partial charge in [-0.05, 0) is 28.1 Å². The van der Waals surface area contributed by atoms with Gasteiger partial charge < -0.3 is 10.1 Å². The van der Waals surface area contributed by atoms with E-state index in [1.165, 1.54) is 0 Å². The molecular weight excluding hydrogens is 347 g/mol. The van der Waals surface area contributed by atoms with Crippen LogP contribution in [0, 0.1) is 10.1 Å². The van der Waals surface area contributed by atoms with Gasteiger partial charge in [0.05, 0.1) is 10.6 Å². The Morgan fingerprint density at radius 2 is 2.06 bits per heavy atom. The first-order valence-corrected chi connectivity index (χ1v) is 6.19. The molecule has 0 radical (unpaired) electrons. The second-order valence-corrected chi connectivity index (χ2v) is 5.24. The number of halogens is 3. The average Bonchev–Trinajstić information content (AvgIpc) is 2.71. The molecule has 0 saturated carbocycles. The molecule has 1 N–H and O–H groups in total. The van der Waals surface area contributed by atoms with Gasteiger partial charge in [-0.15, -0.1) is 0 Å². The minimum atomic E-state index is -0.666. The predicted molar refractivity (Wildman–Crippen MR) is 72.4 cm³/mol. The zero-order valence-corrected chi connectivity index (χ0v) is 11.7. The van der Waals surface area contributed by atoms with E-state index in [0.29, 0.717) is 11.4 Å². The normalized spacial score (nSPS) is 17.3. The summed E-state index contributed by atoms with van der Waals surface area (Å²) < 4.78 is 5.27. The quantitative estimate of drug-likeness (QED) is 0.646. The fourth-order valence-electron chi connectivity index (χ4n) is 1.38. The Hall–Kier alpha value is -1.24. The lowest BCUT2D eigenvalue weighted by atomic mass is 10.3. The Morgan fingerprint density at radius 1 is 1.39 bits per heavy atom. The SMILES string of the molecule is O=[N+]([O-])C(=C1Nc2ccccc2O1)C(Cl)=C(Cl)Br. The van der Waals surface area contributed by atoms with Crippen LogP contribution in [0.3, 0.4) is 0 Å². The van der Waals surface area contributed by atoms with E-state index in [1.807, 2.05) is 0 Å². The number of ether oxygens (including phenoxy) is 1. The van der Waals surface area contributed by atoms with E-state index in [9.17, 15) is 10.1 Å². The number of benzene rings is 1. The molecule has 2 rings (SSSR count). The van der Waals surface area contributed by atoms with Crippen molar-refractivity contribution >= 4 is 44.8 Å². The minimum Gasteiger partial charge on any atom is -0.433 e. The molecule has 8 heteroatoms. The summed E-state index contributed by atoms with van der Waals surface area (Å²) in [6, 6.07) is 6.94.